The first-order valence-electron chi connectivity index (χ1n) is 5.88. The Kier molecular flexibility index (Phi) is 5.67. The first-order chi connectivity index (χ1) is 9.84. The number of aliphatic hydroxyl groups is 4. The van der Waals surface area contributed by atoms with Crippen molar-refractivity contribution in [2.75, 3.05) is 12.3 Å². The molecule has 0 radical (unpaired) electrons. The Morgan fingerprint density at radius 1 is 1.43 bits per heavy atom. The predicted molar refractivity (Wildman–Crippen MR) is 71.9 cm³/mol. The van der Waals surface area contributed by atoms with E-state index in [2.05, 4.69) is 19.9 Å². The van der Waals surface area contributed by atoms with Crippen LogP contribution >= 0.6 is 0 Å². The summed E-state index contributed by atoms with van der Waals surface area (Å²) in [6.45, 7) is 0.352. The Balaban J connectivity index is 0.000000210. The molecule has 0 amide bonds. The van der Waals surface area contributed by atoms with Gasteiger partial charge in [-0.2, -0.15) is 0 Å². The molecule has 10 heteroatoms. The highest BCUT2D eigenvalue weighted by molar-refractivity contribution is 5.80. The van der Waals surface area contributed by atoms with Crippen LogP contribution in [0.25, 0.3) is 11.2 Å². The van der Waals surface area contributed by atoms with E-state index < -0.39 is 24.4 Å². The van der Waals surface area contributed by atoms with E-state index in [0.717, 1.165) is 6.92 Å². The summed E-state index contributed by atoms with van der Waals surface area (Å²) in [6.07, 6.45) is -0.194. The molecular formula is C11H17N5O5. The zero-order valence-corrected chi connectivity index (χ0v) is 11.2. The summed E-state index contributed by atoms with van der Waals surface area (Å²) in [4.78, 5) is 24.3. The number of nitrogens with one attached hydrogen (secondary N) is 1. The Labute approximate surface area is 119 Å². The number of H-pyrrole nitrogens is 1. The maximum absolute atomic E-state index is 9.97. The fourth-order valence-electron chi connectivity index (χ4n) is 1.30. The normalized spacial score (nSPS) is 16.4. The van der Waals surface area contributed by atoms with Crippen molar-refractivity contribution in [1.82, 2.24) is 19.9 Å². The second-order valence-electron chi connectivity index (χ2n) is 4.37. The molecule has 0 spiro atoms. The van der Waals surface area contributed by atoms with Gasteiger partial charge in [-0.25, -0.2) is 15.0 Å². The largest absolute Gasteiger partial charge is 0.394 e. The Bertz CT molecular complexity index is 587. The lowest BCUT2D eigenvalue weighted by atomic mass is 9.94. The van der Waals surface area contributed by atoms with Crippen molar-refractivity contribution >= 4 is 23.3 Å². The Morgan fingerprint density at radius 2 is 2.10 bits per heavy atom. The molecule has 10 nitrogen and oxygen atoms in total. The van der Waals surface area contributed by atoms with Crippen molar-refractivity contribution in [3.05, 3.63) is 12.7 Å². The molecule has 116 valence electrons. The summed E-state index contributed by atoms with van der Waals surface area (Å²) >= 11 is 0. The van der Waals surface area contributed by atoms with E-state index in [0.29, 0.717) is 17.0 Å². The maximum atomic E-state index is 9.97. The third kappa shape index (κ3) is 3.92. The topological polar surface area (TPSA) is 178 Å². The molecule has 2 heterocycles. The van der Waals surface area contributed by atoms with Gasteiger partial charge in [-0.3, -0.25) is 0 Å². The molecule has 0 aromatic carbocycles. The summed E-state index contributed by atoms with van der Waals surface area (Å²) in [5.41, 5.74) is 4.79. The molecule has 21 heavy (non-hydrogen) atoms. The van der Waals surface area contributed by atoms with Gasteiger partial charge in [0.05, 0.1) is 12.9 Å². The van der Waals surface area contributed by atoms with Gasteiger partial charge >= 0.3 is 0 Å². The van der Waals surface area contributed by atoms with E-state index in [1.54, 1.807) is 0 Å². The highest BCUT2D eigenvalue weighted by Gasteiger charge is 2.37. The quantitative estimate of drug-likeness (QED) is 0.335. The summed E-state index contributed by atoms with van der Waals surface area (Å²) in [7, 11) is 0. The molecule has 0 bridgehead atoms. The van der Waals surface area contributed by atoms with Crippen molar-refractivity contribution in [1.29, 1.82) is 0 Å². The van der Waals surface area contributed by atoms with E-state index in [1.165, 1.54) is 12.7 Å². The van der Waals surface area contributed by atoms with E-state index in [1.807, 2.05) is 0 Å². The molecule has 2 aromatic heterocycles. The Morgan fingerprint density at radius 3 is 2.62 bits per heavy atom. The van der Waals surface area contributed by atoms with Gasteiger partial charge < -0.3 is 35.9 Å². The molecule has 7 N–H and O–H groups in total. The molecule has 3 unspecified atom stereocenters. The summed E-state index contributed by atoms with van der Waals surface area (Å²) in [5.74, 6) is 0.433. The lowest BCUT2D eigenvalue weighted by Gasteiger charge is -2.29. The van der Waals surface area contributed by atoms with E-state index in [4.69, 9.17) is 26.2 Å². The van der Waals surface area contributed by atoms with Gasteiger partial charge in [0.25, 0.3) is 0 Å². The number of nitrogens with zero attached hydrogens (tertiary/aromatic N) is 3. The van der Waals surface area contributed by atoms with Gasteiger partial charge in [0.15, 0.2) is 17.8 Å². The number of carbonyl (C=O) groups is 1. The van der Waals surface area contributed by atoms with Crippen LogP contribution in [0.15, 0.2) is 12.7 Å². The molecule has 2 rings (SSSR count). The molecular weight excluding hydrogens is 282 g/mol. The first kappa shape index (κ1) is 16.9. The molecule has 0 aliphatic heterocycles. The molecule has 0 aliphatic carbocycles. The lowest BCUT2D eigenvalue weighted by Crippen LogP contribution is -2.51. The number of nitrogens with two attached hydrogens (primary N) is 1. The number of aromatic nitrogens is 4. The summed E-state index contributed by atoms with van der Waals surface area (Å²) in [6, 6.07) is 0. The molecule has 0 saturated carbocycles. The minimum atomic E-state index is -1.99. The van der Waals surface area contributed by atoms with Gasteiger partial charge in [-0.05, 0) is 6.92 Å². The molecule has 0 aliphatic rings. The fourth-order valence-corrected chi connectivity index (χ4v) is 1.30. The number of rotatable bonds is 4. The highest BCUT2D eigenvalue weighted by atomic mass is 16.4. The van der Waals surface area contributed by atoms with Gasteiger partial charge in [0.2, 0.25) is 0 Å². The Hall–Kier alpha value is -2.14. The molecule has 0 saturated heterocycles. The smallest absolute Gasteiger partial charge is 0.182 e. The summed E-state index contributed by atoms with van der Waals surface area (Å²) in [5, 5.41) is 35.2. The van der Waals surface area contributed by atoms with Crippen LogP contribution in [-0.2, 0) is 4.79 Å². The van der Waals surface area contributed by atoms with Crippen LogP contribution in [0.4, 0.5) is 5.82 Å². The third-order valence-electron chi connectivity index (χ3n) is 2.83. The molecule has 0 fully saturated rings. The summed E-state index contributed by atoms with van der Waals surface area (Å²) < 4.78 is 0. The van der Waals surface area contributed by atoms with Crippen LogP contribution < -0.4 is 5.73 Å². The zero-order valence-electron chi connectivity index (χ0n) is 11.2. The average molecular weight is 299 g/mol. The van der Waals surface area contributed by atoms with Crippen LogP contribution in [0.3, 0.4) is 0 Å². The van der Waals surface area contributed by atoms with Crippen molar-refractivity contribution < 1.29 is 25.2 Å². The number of hydrogen-bond donors (Lipinski definition) is 6. The first-order valence-corrected chi connectivity index (χ1v) is 5.88. The van der Waals surface area contributed by atoms with Gasteiger partial charge in [0.1, 0.15) is 29.7 Å². The van der Waals surface area contributed by atoms with Crippen molar-refractivity contribution in [2.24, 2.45) is 0 Å². The minimum Gasteiger partial charge on any atom is -0.394 e. The number of anilines is 1. The lowest BCUT2D eigenvalue weighted by molar-refractivity contribution is -0.155. The number of fused-ring (bicyclic) bond motifs is 1. The monoisotopic (exact) mass is 299 g/mol. The molecule has 2 aromatic rings. The van der Waals surface area contributed by atoms with Crippen molar-refractivity contribution in [2.45, 2.75) is 24.7 Å². The van der Waals surface area contributed by atoms with E-state index in [-0.39, 0.29) is 6.29 Å². The maximum Gasteiger partial charge on any atom is 0.182 e. The molecule has 3 atom stereocenters. The van der Waals surface area contributed by atoms with Crippen LogP contribution in [0, 0.1) is 0 Å². The number of aliphatic hydroxyl groups excluding tert-OH is 3. The fraction of sp³-hybridized carbons (Fsp3) is 0.455. The van der Waals surface area contributed by atoms with Crippen molar-refractivity contribution in [3.63, 3.8) is 0 Å². The minimum absolute atomic E-state index is 0.0961. The number of hydrogen-bond acceptors (Lipinski definition) is 9. The van der Waals surface area contributed by atoms with Gasteiger partial charge in [-0.15, -0.1) is 0 Å². The van der Waals surface area contributed by atoms with Gasteiger partial charge in [-0.1, -0.05) is 0 Å². The highest BCUT2D eigenvalue weighted by Crippen LogP contribution is 2.13. The SMILES string of the molecule is CC(O)(C(O)C=O)C(O)CO.Nc1ncnc2nc[nH]c12. The van der Waals surface area contributed by atoms with E-state index in [9.17, 15) is 4.79 Å². The predicted octanol–water partition coefficient (Wildman–Crippen LogP) is -2.41. The van der Waals surface area contributed by atoms with Crippen molar-refractivity contribution in [3.8, 4) is 0 Å². The number of aromatic amines is 1. The van der Waals surface area contributed by atoms with Crippen LogP contribution in [0.1, 0.15) is 6.92 Å². The zero-order chi connectivity index (χ0) is 16.0. The second-order valence-corrected chi connectivity index (χ2v) is 4.37. The van der Waals surface area contributed by atoms with Crippen LogP contribution in [0.5, 0.6) is 0 Å². The number of aldehydes is 1. The van der Waals surface area contributed by atoms with Gasteiger partial charge in [0, 0.05) is 0 Å². The number of nitrogen functional groups attached to an aromatic ring is 1. The second kappa shape index (κ2) is 7.04. The van der Waals surface area contributed by atoms with Crippen LogP contribution in [0.2, 0.25) is 0 Å². The average Bonchev–Trinajstić information content (AvgIpc) is 2.96. The van der Waals surface area contributed by atoms with E-state index >= 15 is 0 Å². The number of carbonyl (C=O) groups excluding carboxylic acids is 1. The standard InChI is InChI=1S/C6H12O5.C5H5N5/c1-6(11,4(9)2-7)5(10)3-8;6-4-3-5(9-1-7-3)10-2-8-4/h2,4-5,8-11H,3H2,1H3;1-2H,(H3,6,7,8,9,10). The van der Waals surface area contributed by atoms with Crippen LogP contribution in [-0.4, -0.2) is 71.1 Å². The number of imidazole rings is 1. The third-order valence-corrected chi connectivity index (χ3v) is 2.83.